The molecule has 0 aliphatic carbocycles. The van der Waals surface area contributed by atoms with E-state index in [1.54, 1.807) is 10.9 Å². The molecule has 0 fully saturated rings. The smallest absolute Gasteiger partial charge is 0.196 e. The lowest BCUT2D eigenvalue weighted by atomic mass is 9.91. The number of aromatic nitrogens is 2. The highest BCUT2D eigenvalue weighted by Gasteiger charge is 2.22. The molecule has 0 saturated carbocycles. The maximum absolute atomic E-state index is 12.2. The largest absolute Gasteiger partial charge is 0.325 e. The van der Waals surface area contributed by atoms with Crippen molar-refractivity contribution in [2.24, 2.45) is 17.8 Å². The van der Waals surface area contributed by atoms with Crippen molar-refractivity contribution in [2.75, 3.05) is 13.1 Å². The van der Waals surface area contributed by atoms with Crippen molar-refractivity contribution in [1.82, 2.24) is 9.78 Å². The average Bonchev–Trinajstić information content (AvgIpc) is 3.09. The van der Waals surface area contributed by atoms with E-state index in [-0.39, 0.29) is 18.9 Å². The van der Waals surface area contributed by atoms with Gasteiger partial charge in [0.05, 0.1) is 24.2 Å². The molecule has 2 N–H and O–H groups in total. The third kappa shape index (κ3) is 2.82. The Morgan fingerprint density at radius 3 is 2.71 bits per heavy atom. The zero-order valence-electron chi connectivity index (χ0n) is 15.7. The van der Waals surface area contributed by atoms with Gasteiger partial charge in [0.2, 0.25) is 0 Å². The molecule has 2 aromatic carbocycles. The molecule has 0 atom stereocenters. The zero-order chi connectivity index (χ0) is 19.8. The van der Waals surface area contributed by atoms with Crippen molar-refractivity contribution in [2.45, 2.75) is 6.92 Å². The van der Waals surface area contributed by atoms with E-state index in [1.165, 1.54) is 0 Å². The second-order valence-electron chi connectivity index (χ2n) is 6.81. The Bertz CT molecular complexity index is 1180. The maximum Gasteiger partial charge on any atom is 0.196 e. The first kappa shape index (κ1) is 17.8. The van der Waals surface area contributed by atoms with Gasteiger partial charge in [-0.2, -0.15) is 5.10 Å². The molecule has 2 heterocycles. The summed E-state index contributed by atoms with van der Waals surface area (Å²) < 4.78 is 1.78. The lowest BCUT2D eigenvalue weighted by Crippen LogP contribution is -2.24. The van der Waals surface area contributed by atoms with Crippen molar-refractivity contribution in [1.29, 1.82) is 0 Å². The summed E-state index contributed by atoms with van der Waals surface area (Å²) in [5.74, 6) is -0.000799. The molecule has 3 aromatic rings. The topological polar surface area (TPSA) is 77.6 Å². The van der Waals surface area contributed by atoms with E-state index >= 15 is 0 Å². The van der Waals surface area contributed by atoms with Gasteiger partial charge in [0.25, 0.3) is 0 Å². The highest BCUT2D eigenvalue weighted by molar-refractivity contribution is 6.16. The van der Waals surface area contributed by atoms with Crippen LogP contribution in [0.3, 0.4) is 0 Å². The average molecular weight is 369 g/mol. The number of fused-ring (bicyclic) bond motifs is 1. The Balaban J connectivity index is 1.93. The van der Waals surface area contributed by atoms with Gasteiger partial charge in [-0.1, -0.05) is 35.9 Å². The van der Waals surface area contributed by atoms with Gasteiger partial charge in [-0.15, -0.1) is 0 Å². The number of aryl methyl sites for hydroxylation is 2. The van der Waals surface area contributed by atoms with Gasteiger partial charge >= 0.3 is 0 Å². The highest BCUT2D eigenvalue weighted by atomic mass is 16.1. The summed E-state index contributed by atoms with van der Waals surface area (Å²) in [5.41, 5.74) is 13.2. The fourth-order valence-corrected chi connectivity index (χ4v) is 3.61. The fraction of sp³-hybridized carbons (Fsp3) is 0.182. The fourth-order valence-electron chi connectivity index (χ4n) is 3.61. The lowest BCUT2D eigenvalue weighted by Gasteiger charge is -2.17. The first-order valence-corrected chi connectivity index (χ1v) is 8.95. The van der Waals surface area contributed by atoms with Gasteiger partial charge in [0.1, 0.15) is 6.54 Å². The van der Waals surface area contributed by atoms with E-state index in [9.17, 15) is 4.79 Å². The number of aliphatic imine (C=N–C) groups is 1. The molecule has 6 nitrogen and oxygen atoms in total. The van der Waals surface area contributed by atoms with Crippen molar-refractivity contribution in [3.8, 4) is 22.4 Å². The molecule has 0 saturated heterocycles. The van der Waals surface area contributed by atoms with Crippen LogP contribution in [0.25, 0.3) is 27.2 Å². The van der Waals surface area contributed by atoms with Crippen molar-refractivity contribution in [3.63, 3.8) is 0 Å². The van der Waals surface area contributed by atoms with Gasteiger partial charge in [0, 0.05) is 35.8 Å². The van der Waals surface area contributed by atoms with Crippen LogP contribution in [0.5, 0.6) is 0 Å². The summed E-state index contributed by atoms with van der Waals surface area (Å²) >= 11 is 0. The van der Waals surface area contributed by atoms with Gasteiger partial charge < -0.3 is 5.73 Å². The SMILES string of the molecule is [C-]#[N+]c1ccc(C)cc1-c1c(-c2ccc3c(c2)C(CN)=NCC3=O)cnn1C. The Kier molecular flexibility index (Phi) is 4.38. The molecule has 138 valence electrons. The Hall–Kier alpha value is -3.56. The number of benzene rings is 2. The quantitative estimate of drug-likeness (QED) is 0.717. The molecule has 0 amide bonds. The van der Waals surface area contributed by atoms with Crippen LogP contribution in [0, 0.1) is 13.5 Å². The number of rotatable bonds is 3. The van der Waals surface area contributed by atoms with Crippen LogP contribution < -0.4 is 5.73 Å². The summed E-state index contributed by atoms with van der Waals surface area (Å²) in [6, 6.07) is 11.5. The summed E-state index contributed by atoms with van der Waals surface area (Å²) in [6.45, 7) is 9.96. The van der Waals surface area contributed by atoms with E-state index in [0.717, 1.165) is 39.2 Å². The summed E-state index contributed by atoms with van der Waals surface area (Å²) in [6.07, 6.45) is 1.79. The van der Waals surface area contributed by atoms with E-state index in [1.807, 2.05) is 50.4 Å². The van der Waals surface area contributed by atoms with Crippen LogP contribution in [0.2, 0.25) is 0 Å². The van der Waals surface area contributed by atoms with Crippen LogP contribution >= 0.6 is 0 Å². The molecular formula is C22H19N5O. The van der Waals surface area contributed by atoms with Crippen LogP contribution in [-0.4, -0.2) is 34.4 Å². The summed E-state index contributed by atoms with van der Waals surface area (Å²) in [5, 5.41) is 4.43. The Morgan fingerprint density at radius 1 is 1.14 bits per heavy atom. The molecule has 0 radical (unpaired) electrons. The molecule has 1 aromatic heterocycles. The molecule has 0 unspecified atom stereocenters. The van der Waals surface area contributed by atoms with Crippen LogP contribution in [0.15, 0.2) is 47.6 Å². The molecule has 4 rings (SSSR count). The predicted molar refractivity (Wildman–Crippen MR) is 110 cm³/mol. The van der Waals surface area contributed by atoms with Crippen LogP contribution in [-0.2, 0) is 7.05 Å². The van der Waals surface area contributed by atoms with E-state index in [4.69, 9.17) is 12.3 Å². The monoisotopic (exact) mass is 369 g/mol. The van der Waals surface area contributed by atoms with Crippen molar-refractivity contribution in [3.05, 3.63) is 70.7 Å². The Labute approximate surface area is 163 Å². The minimum absolute atomic E-state index is 0.000799. The number of ketones is 1. The lowest BCUT2D eigenvalue weighted by molar-refractivity contribution is 0.1000. The molecule has 28 heavy (non-hydrogen) atoms. The van der Waals surface area contributed by atoms with Gasteiger partial charge in [-0.05, 0) is 18.6 Å². The number of carbonyl (C=O) groups excluding carboxylic acids is 1. The molecular weight excluding hydrogens is 350 g/mol. The standard InChI is InChI=1S/C22H19N5O/c1-13-4-7-19(24-2)17(8-13)22-18(11-26-27(22)3)14-5-6-15-16(9-14)20(10-23)25-12-21(15)28/h4-9,11H,10,12,23H2,1,3H3. The number of nitrogens with zero attached hydrogens (tertiary/aromatic N) is 4. The van der Waals surface area contributed by atoms with Crippen LogP contribution in [0.1, 0.15) is 21.5 Å². The number of Topliss-reactive ketones (excluding diaryl/α,β-unsaturated/α-hetero) is 1. The van der Waals surface area contributed by atoms with E-state index < -0.39 is 0 Å². The summed E-state index contributed by atoms with van der Waals surface area (Å²) in [7, 11) is 1.86. The normalized spacial score (nSPS) is 13.1. The zero-order valence-corrected chi connectivity index (χ0v) is 15.7. The minimum Gasteiger partial charge on any atom is -0.325 e. The maximum atomic E-state index is 12.2. The second kappa shape index (κ2) is 6.87. The first-order chi connectivity index (χ1) is 13.5. The van der Waals surface area contributed by atoms with E-state index in [0.29, 0.717) is 11.3 Å². The number of hydrogen-bond acceptors (Lipinski definition) is 4. The highest BCUT2D eigenvalue weighted by Crippen LogP contribution is 2.38. The van der Waals surface area contributed by atoms with E-state index in [2.05, 4.69) is 14.9 Å². The predicted octanol–water partition coefficient (Wildman–Crippen LogP) is 3.56. The molecule has 1 aliphatic rings. The third-order valence-corrected chi connectivity index (χ3v) is 5.02. The number of hydrogen-bond donors (Lipinski definition) is 1. The van der Waals surface area contributed by atoms with Gasteiger partial charge in [0.15, 0.2) is 11.5 Å². The minimum atomic E-state index is -0.000799. The van der Waals surface area contributed by atoms with Crippen molar-refractivity contribution < 1.29 is 4.79 Å². The summed E-state index contributed by atoms with van der Waals surface area (Å²) in [4.78, 5) is 20.2. The van der Waals surface area contributed by atoms with Crippen LogP contribution in [0.4, 0.5) is 5.69 Å². The van der Waals surface area contributed by atoms with Gasteiger partial charge in [-0.3, -0.25) is 14.5 Å². The third-order valence-electron chi connectivity index (χ3n) is 5.02. The first-order valence-electron chi connectivity index (χ1n) is 8.95. The molecule has 6 heteroatoms. The van der Waals surface area contributed by atoms with Gasteiger partial charge in [-0.25, -0.2) is 4.85 Å². The Morgan fingerprint density at radius 2 is 1.96 bits per heavy atom. The molecule has 0 spiro atoms. The second-order valence-corrected chi connectivity index (χ2v) is 6.81. The number of carbonyl (C=O) groups is 1. The van der Waals surface area contributed by atoms with Crippen molar-refractivity contribution >= 4 is 17.2 Å². The molecule has 0 bridgehead atoms. The number of nitrogens with two attached hydrogens (primary N) is 1. The molecule has 1 aliphatic heterocycles.